The molecule has 1 aliphatic rings. The molecule has 0 radical (unpaired) electrons. The summed E-state index contributed by atoms with van der Waals surface area (Å²) >= 11 is 6.22. The van der Waals surface area contributed by atoms with Crippen molar-refractivity contribution < 1.29 is 24.0 Å². The summed E-state index contributed by atoms with van der Waals surface area (Å²) in [6.45, 7) is -0.525. The van der Waals surface area contributed by atoms with Gasteiger partial charge >= 0.3 is 5.69 Å². The summed E-state index contributed by atoms with van der Waals surface area (Å²) in [7, 11) is 0. The van der Waals surface area contributed by atoms with Crippen LogP contribution in [0.15, 0.2) is 78.4 Å². The first-order valence-electron chi connectivity index (χ1n) is 10.2. The zero-order chi connectivity index (χ0) is 24.9. The fourth-order valence-corrected chi connectivity index (χ4v) is 3.58. The van der Waals surface area contributed by atoms with E-state index in [1.807, 2.05) is 0 Å². The smallest absolute Gasteiger partial charge is 0.313 e. The van der Waals surface area contributed by atoms with Crippen LogP contribution in [0.25, 0.3) is 6.08 Å². The average Bonchev–Trinajstić information content (AvgIpc) is 3.12. The van der Waals surface area contributed by atoms with Crippen LogP contribution in [0.4, 0.5) is 17.1 Å². The van der Waals surface area contributed by atoms with Crippen LogP contribution in [-0.4, -0.2) is 29.3 Å². The molecule has 0 aliphatic carbocycles. The Balaban J connectivity index is 1.56. The lowest BCUT2D eigenvalue weighted by Crippen LogP contribution is -2.35. The number of hydrogen-bond acceptors (Lipinski definition) is 6. The molecule has 3 aromatic rings. The van der Waals surface area contributed by atoms with Gasteiger partial charge in [-0.3, -0.25) is 29.9 Å². The van der Waals surface area contributed by atoms with Crippen molar-refractivity contribution in [2.75, 3.05) is 16.9 Å². The molecule has 0 bridgehead atoms. The molecule has 0 saturated carbocycles. The predicted molar refractivity (Wildman–Crippen MR) is 129 cm³/mol. The number of nitro benzene ring substituents is 1. The summed E-state index contributed by atoms with van der Waals surface area (Å²) in [5.74, 6) is -2.15. The number of hydrazine groups is 1. The van der Waals surface area contributed by atoms with Crippen LogP contribution in [0.5, 0.6) is 5.75 Å². The largest absolute Gasteiger partial charge is 0.476 e. The van der Waals surface area contributed by atoms with Gasteiger partial charge in [0.05, 0.1) is 15.6 Å². The molecule has 0 unspecified atom stereocenters. The molecule has 2 N–H and O–H groups in total. The number of benzene rings is 3. The first-order valence-corrected chi connectivity index (χ1v) is 10.6. The Morgan fingerprint density at radius 3 is 2.40 bits per heavy atom. The SMILES string of the molecule is O=C(COc1c(Cl)cc(/C=C2/C(=O)NN(c3ccccc3)C2=O)cc1[N+](=O)[O-])Nc1ccccc1. The van der Waals surface area contributed by atoms with Gasteiger partial charge in [0.1, 0.15) is 5.57 Å². The van der Waals surface area contributed by atoms with Crippen molar-refractivity contribution in [3.8, 4) is 5.75 Å². The Bertz CT molecular complexity index is 1340. The third kappa shape index (κ3) is 5.28. The second-order valence-corrected chi connectivity index (χ2v) is 7.69. The molecule has 3 amide bonds. The molecule has 1 heterocycles. The molecule has 1 fully saturated rings. The lowest BCUT2D eigenvalue weighted by atomic mass is 10.1. The van der Waals surface area contributed by atoms with E-state index in [9.17, 15) is 24.5 Å². The summed E-state index contributed by atoms with van der Waals surface area (Å²) in [5.41, 5.74) is 2.82. The zero-order valence-corrected chi connectivity index (χ0v) is 18.7. The summed E-state index contributed by atoms with van der Waals surface area (Å²) in [5, 5.41) is 15.2. The number of nitro groups is 1. The topological polar surface area (TPSA) is 131 Å². The van der Waals surface area contributed by atoms with E-state index in [4.69, 9.17) is 16.3 Å². The number of ether oxygens (including phenoxy) is 1. The van der Waals surface area contributed by atoms with Gasteiger partial charge in [-0.1, -0.05) is 48.0 Å². The number of carbonyl (C=O) groups is 3. The highest BCUT2D eigenvalue weighted by Gasteiger charge is 2.34. The van der Waals surface area contributed by atoms with Gasteiger partial charge in [-0.05, 0) is 42.0 Å². The number of amides is 3. The first kappa shape index (κ1) is 23.5. The van der Waals surface area contributed by atoms with Gasteiger partial charge in [0.15, 0.2) is 6.61 Å². The van der Waals surface area contributed by atoms with Crippen molar-refractivity contribution in [2.24, 2.45) is 0 Å². The summed E-state index contributed by atoms with van der Waals surface area (Å²) in [4.78, 5) is 48.2. The average molecular weight is 493 g/mol. The molecule has 176 valence electrons. The van der Waals surface area contributed by atoms with Gasteiger partial charge in [-0.2, -0.15) is 0 Å². The van der Waals surface area contributed by atoms with Crippen molar-refractivity contribution in [1.29, 1.82) is 0 Å². The normalized spacial score (nSPS) is 14.1. The maximum atomic E-state index is 12.8. The number of para-hydroxylation sites is 2. The fraction of sp³-hybridized carbons (Fsp3) is 0.0417. The van der Waals surface area contributed by atoms with Gasteiger partial charge in [0, 0.05) is 11.8 Å². The molecule has 11 heteroatoms. The molecule has 1 saturated heterocycles. The highest BCUT2D eigenvalue weighted by Crippen LogP contribution is 2.37. The number of rotatable bonds is 7. The Morgan fingerprint density at radius 1 is 1.09 bits per heavy atom. The van der Waals surface area contributed by atoms with E-state index >= 15 is 0 Å². The van der Waals surface area contributed by atoms with Crippen molar-refractivity contribution >= 4 is 52.5 Å². The van der Waals surface area contributed by atoms with E-state index in [1.165, 1.54) is 12.1 Å². The van der Waals surface area contributed by atoms with Crippen LogP contribution in [0, 0.1) is 10.1 Å². The maximum Gasteiger partial charge on any atom is 0.313 e. The molecule has 4 rings (SSSR count). The van der Waals surface area contributed by atoms with E-state index in [2.05, 4.69) is 10.7 Å². The Morgan fingerprint density at radius 2 is 1.74 bits per heavy atom. The van der Waals surface area contributed by atoms with Crippen LogP contribution >= 0.6 is 11.6 Å². The van der Waals surface area contributed by atoms with Gasteiger partial charge in [-0.25, -0.2) is 5.01 Å². The maximum absolute atomic E-state index is 12.8. The number of hydrogen-bond donors (Lipinski definition) is 2. The van der Waals surface area contributed by atoms with Gasteiger partial charge in [-0.15, -0.1) is 0 Å². The van der Waals surface area contributed by atoms with Crippen LogP contribution in [-0.2, 0) is 14.4 Å². The summed E-state index contributed by atoms with van der Waals surface area (Å²) in [6.07, 6.45) is 1.20. The zero-order valence-electron chi connectivity index (χ0n) is 17.9. The second kappa shape index (κ2) is 10.1. The van der Waals surface area contributed by atoms with E-state index in [0.717, 1.165) is 11.1 Å². The van der Waals surface area contributed by atoms with E-state index in [1.54, 1.807) is 60.7 Å². The van der Waals surface area contributed by atoms with Crippen molar-refractivity contribution in [2.45, 2.75) is 0 Å². The number of nitrogens with zero attached hydrogens (tertiary/aromatic N) is 2. The number of nitrogens with one attached hydrogen (secondary N) is 2. The highest BCUT2D eigenvalue weighted by molar-refractivity contribution is 6.33. The lowest BCUT2D eigenvalue weighted by molar-refractivity contribution is -0.385. The predicted octanol–water partition coefficient (Wildman–Crippen LogP) is 3.73. The number of anilines is 2. The Labute approximate surface area is 203 Å². The summed E-state index contributed by atoms with van der Waals surface area (Å²) in [6, 6.07) is 19.5. The van der Waals surface area contributed by atoms with Crippen LogP contribution in [0.3, 0.4) is 0 Å². The van der Waals surface area contributed by atoms with E-state index < -0.39 is 34.9 Å². The Hall–Kier alpha value is -4.70. The molecule has 1 aliphatic heterocycles. The van der Waals surface area contributed by atoms with Crippen molar-refractivity contribution in [3.63, 3.8) is 0 Å². The molecule has 10 nitrogen and oxygen atoms in total. The Kier molecular flexibility index (Phi) is 6.74. The lowest BCUT2D eigenvalue weighted by Gasteiger charge is -2.13. The van der Waals surface area contributed by atoms with Crippen LogP contribution < -0.4 is 20.5 Å². The molecular weight excluding hydrogens is 476 g/mol. The molecular formula is C24H17ClN4O6. The minimum atomic E-state index is -0.731. The van der Waals surface area contributed by atoms with E-state index in [-0.39, 0.29) is 21.9 Å². The first-order chi connectivity index (χ1) is 16.8. The fourth-order valence-electron chi connectivity index (χ4n) is 3.30. The molecule has 0 spiro atoms. The van der Waals surface area contributed by atoms with Crippen molar-refractivity contribution in [1.82, 2.24) is 5.43 Å². The summed E-state index contributed by atoms with van der Waals surface area (Å²) < 4.78 is 5.34. The number of carbonyl (C=O) groups excluding carboxylic acids is 3. The van der Waals surface area contributed by atoms with E-state index in [0.29, 0.717) is 11.4 Å². The minimum absolute atomic E-state index is 0.135. The monoisotopic (exact) mass is 492 g/mol. The van der Waals surface area contributed by atoms with Crippen LogP contribution in [0.1, 0.15) is 5.56 Å². The molecule has 0 atom stereocenters. The third-order valence-electron chi connectivity index (χ3n) is 4.87. The highest BCUT2D eigenvalue weighted by atomic mass is 35.5. The molecule has 35 heavy (non-hydrogen) atoms. The second-order valence-electron chi connectivity index (χ2n) is 7.29. The van der Waals surface area contributed by atoms with Gasteiger partial charge in [0.25, 0.3) is 17.7 Å². The molecule has 0 aromatic heterocycles. The van der Waals surface area contributed by atoms with Gasteiger partial charge < -0.3 is 10.1 Å². The minimum Gasteiger partial charge on any atom is -0.476 e. The number of halogens is 1. The third-order valence-corrected chi connectivity index (χ3v) is 5.15. The van der Waals surface area contributed by atoms with Crippen LogP contribution in [0.2, 0.25) is 5.02 Å². The quantitative estimate of drug-likeness (QED) is 0.224. The van der Waals surface area contributed by atoms with Crippen molar-refractivity contribution in [3.05, 3.63) is 99.1 Å². The molecule has 3 aromatic carbocycles. The standard InChI is InChI=1S/C24H17ClN4O6/c25-19-12-15(11-18-23(31)27-28(24(18)32)17-9-5-2-6-10-17)13-20(29(33)34)22(19)35-14-21(30)26-16-7-3-1-4-8-16/h1-13H,14H2,(H,26,30)(H,27,31)/b18-11-. The van der Waals surface area contributed by atoms with Gasteiger partial charge in [0.2, 0.25) is 5.75 Å².